The second kappa shape index (κ2) is 7.06. The number of carbonyl (C=O) groups is 1. The summed E-state index contributed by atoms with van der Waals surface area (Å²) in [7, 11) is 0. The Kier molecular flexibility index (Phi) is 4.78. The number of ether oxygens (including phenoxy) is 2. The number of hydrogen-bond donors (Lipinski definition) is 1. The molecular formula is C20H27FN2O3. The molecule has 2 aliphatic heterocycles. The molecule has 1 aliphatic carbocycles. The monoisotopic (exact) mass is 362 g/mol. The fraction of sp³-hybridized carbons (Fsp3) is 0.650. The SMILES string of the molecule is CCOc1ccc(NC(=O)N2CC3(CCC3)C2C2CCOCC2)c(F)c1. The lowest BCUT2D eigenvalue weighted by molar-refractivity contribution is -0.135. The Balaban J connectivity index is 1.45. The number of anilines is 1. The van der Waals surface area contributed by atoms with E-state index in [0.29, 0.717) is 23.7 Å². The Labute approximate surface area is 153 Å². The zero-order valence-electron chi connectivity index (χ0n) is 15.3. The lowest BCUT2D eigenvalue weighted by atomic mass is 9.54. The number of halogens is 1. The molecule has 2 saturated heterocycles. The summed E-state index contributed by atoms with van der Waals surface area (Å²) in [6.45, 7) is 4.68. The first-order valence-electron chi connectivity index (χ1n) is 9.71. The molecule has 6 heteroatoms. The molecule has 3 aliphatic rings. The molecule has 1 unspecified atom stereocenters. The highest BCUT2D eigenvalue weighted by atomic mass is 19.1. The van der Waals surface area contributed by atoms with Gasteiger partial charge in [0.25, 0.3) is 0 Å². The van der Waals surface area contributed by atoms with Gasteiger partial charge in [-0.15, -0.1) is 0 Å². The van der Waals surface area contributed by atoms with E-state index in [2.05, 4.69) is 5.32 Å². The summed E-state index contributed by atoms with van der Waals surface area (Å²) in [6.07, 6.45) is 5.68. The Morgan fingerprint density at radius 2 is 2.15 bits per heavy atom. The van der Waals surface area contributed by atoms with Crippen LogP contribution in [0.1, 0.15) is 39.0 Å². The van der Waals surface area contributed by atoms with E-state index in [0.717, 1.165) is 32.6 Å². The number of rotatable bonds is 4. The van der Waals surface area contributed by atoms with E-state index in [-0.39, 0.29) is 17.8 Å². The van der Waals surface area contributed by atoms with Crippen LogP contribution in [0.4, 0.5) is 14.9 Å². The van der Waals surface area contributed by atoms with Crippen molar-refractivity contribution in [3.8, 4) is 5.75 Å². The predicted octanol–water partition coefficient (Wildman–Crippen LogP) is 4.04. The fourth-order valence-corrected chi connectivity index (χ4v) is 4.86. The molecule has 0 aromatic heterocycles. The van der Waals surface area contributed by atoms with Gasteiger partial charge in [0.1, 0.15) is 11.6 Å². The van der Waals surface area contributed by atoms with Gasteiger partial charge in [-0.1, -0.05) is 6.42 Å². The van der Waals surface area contributed by atoms with Crippen LogP contribution in [0, 0.1) is 17.2 Å². The summed E-state index contributed by atoms with van der Waals surface area (Å²) in [6, 6.07) is 4.65. The molecule has 1 spiro atoms. The Hall–Kier alpha value is -1.82. The molecule has 1 aromatic rings. The number of carbonyl (C=O) groups excluding carboxylic acids is 1. The van der Waals surface area contributed by atoms with Crippen molar-refractivity contribution in [3.63, 3.8) is 0 Å². The van der Waals surface area contributed by atoms with Gasteiger partial charge in [-0.05, 0) is 50.7 Å². The van der Waals surface area contributed by atoms with Crippen molar-refractivity contribution in [1.29, 1.82) is 0 Å². The number of amides is 2. The number of benzene rings is 1. The van der Waals surface area contributed by atoms with Crippen LogP contribution in [0.15, 0.2) is 18.2 Å². The van der Waals surface area contributed by atoms with E-state index in [4.69, 9.17) is 9.47 Å². The lowest BCUT2D eigenvalue weighted by Crippen LogP contribution is -2.72. The minimum atomic E-state index is -0.467. The molecule has 0 radical (unpaired) electrons. The number of likely N-dealkylation sites (tertiary alicyclic amines) is 1. The van der Waals surface area contributed by atoms with Crippen LogP contribution in [0.3, 0.4) is 0 Å². The smallest absolute Gasteiger partial charge is 0.322 e. The standard InChI is InChI=1S/C20H27FN2O3/c1-2-26-15-4-5-17(16(21)12-15)22-19(24)23-13-20(8-3-9-20)18(23)14-6-10-25-11-7-14/h4-5,12,14,18H,2-3,6-11,13H2,1H3,(H,22,24). The van der Waals surface area contributed by atoms with Crippen molar-refractivity contribution in [3.05, 3.63) is 24.0 Å². The molecule has 1 atom stereocenters. The Morgan fingerprint density at radius 3 is 2.77 bits per heavy atom. The van der Waals surface area contributed by atoms with Crippen molar-refractivity contribution in [2.45, 2.75) is 45.1 Å². The van der Waals surface area contributed by atoms with Crippen LogP contribution in [-0.4, -0.2) is 43.3 Å². The van der Waals surface area contributed by atoms with Crippen LogP contribution >= 0.6 is 0 Å². The van der Waals surface area contributed by atoms with Gasteiger partial charge in [-0.25, -0.2) is 9.18 Å². The third-order valence-corrected chi connectivity index (χ3v) is 6.26. The molecule has 2 heterocycles. The number of nitrogens with zero attached hydrogens (tertiary/aromatic N) is 1. The van der Waals surface area contributed by atoms with Gasteiger partial charge < -0.3 is 19.7 Å². The maximum Gasteiger partial charge on any atom is 0.322 e. The average molecular weight is 362 g/mol. The normalized spacial score (nSPS) is 24.7. The van der Waals surface area contributed by atoms with E-state index in [9.17, 15) is 9.18 Å². The molecule has 3 fully saturated rings. The first-order chi connectivity index (χ1) is 12.6. The van der Waals surface area contributed by atoms with Crippen molar-refractivity contribution in [1.82, 2.24) is 4.90 Å². The lowest BCUT2D eigenvalue weighted by Gasteiger charge is -2.64. The Bertz CT molecular complexity index is 671. The summed E-state index contributed by atoms with van der Waals surface area (Å²) in [5, 5.41) is 2.76. The molecule has 0 bridgehead atoms. The first-order valence-corrected chi connectivity index (χ1v) is 9.71. The van der Waals surface area contributed by atoms with Gasteiger partial charge in [0.15, 0.2) is 0 Å². The minimum Gasteiger partial charge on any atom is -0.494 e. The predicted molar refractivity (Wildman–Crippen MR) is 96.9 cm³/mol. The molecule has 142 valence electrons. The molecule has 1 aromatic carbocycles. The second-order valence-corrected chi connectivity index (χ2v) is 7.74. The summed E-state index contributed by atoms with van der Waals surface area (Å²) in [5.74, 6) is 0.500. The van der Waals surface area contributed by atoms with Gasteiger partial charge in [0, 0.05) is 37.3 Å². The van der Waals surface area contributed by atoms with Crippen LogP contribution < -0.4 is 10.1 Å². The van der Waals surface area contributed by atoms with Gasteiger partial charge >= 0.3 is 6.03 Å². The highest BCUT2D eigenvalue weighted by Gasteiger charge is 2.59. The molecule has 4 rings (SSSR count). The number of hydrogen-bond acceptors (Lipinski definition) is 3. The van der Waals surface area contributed by atoms with Gasteiger partial charge in [0.2, 0.25) is 0 Å². The van der Waals surface area contributed by atoms with E-state index in [1.165, 1.54) is 25.3 Å². The number of urea groups is 1. The van der Waals surface area contributed by atoms with Gasteiger partial charge in [-0.3, -0.25) is 0 Å². The minimum absolute atomic E-state index is 0.193. The van der Waals surface area contributed by atoms with E-state index < -0.39 is 5.82 Å². The van der Waals surface area contributed by atoms with Crippen molar-refractivity contribution in [2.24, 2.45) is 11.3 Å². The third kappa shape index (κ3) is 3.04. The fourth-order valence-electron chi connectivity index (χ4n) is 4.86. The maximum atomic E-state index is 14.3. The van der Waals surface area contributed by atoms with Crippen molar-refractivity contribution >= 4 is 11.7 Å². The highest BCUT2D eigenvalue weighted by Crippen LogP contribution is 2.56. The average Bonchev–Trinajstić information content (AvgIpc) is 2.56. The molecule has 1 N–H and O–H groups in total. The molecule has 5 nitrogen and oxygen atoms in total. The van der Waals surface area contributed by atoms with E-state index >= 15 is 0 Å². The van der Waals surface area contributed by atoms with Crippen molar-refractivity contribution in [2.75, 3.05) is 31.7 Å². The van der Waals surface area contributed by atoms with Gasteiger partial charge in [0.05, 0.1) is 12.3 Å². The van der Waals surface area contributed by atoms with E-state index in [1.807, 2.05) is 11.8 Å². The van der Waals surface area contributed by atoms with Gasteiger partial charge in [-0.2, -0.15) is 0 Å². The molecule has 2 amide bonds. The van der Waals surface area contributed by atoms with Crippen LogP contribution in [-0.2, 0) is 4.74 Å². The zero-order valence-corrected chi connectivity index (χ0v) is 15.3. The zero-order chi connectivity index (χ0) is 18.1. The van der Waals surface area contributed by atoms with Crippen molar-refractivity contribution < 1.29 is 18.7 Å². The molecular weight excluding hydrogens is 335 g/mol. The second-order valence-electron chi connectivity index (χ2n) is 7.74. The summed E-state index contributed by atoms with van der Waals surface area (Å²) in [5.41, 5.74) is 0.509. The highest BCUT2D eigenvalue weighted by molar-refractivity contribution is 5.90. The topological polar surface area (TPSA) is 50.8 Å². The Morgan fingerprint density at radius 1 is 1.38 bits per heavy atom. The number of nitrogens with one attached hydrogen (secondary N) is 1. The largest absolute Gasteiger partial charge is 0.494 e. The molecule has 1 saturated carbocycles. The summed E-state index contributed by atoms with van der Waals surface area (Å²) in [4.78, 5) is 14.7. The third-order valence-electron chi connectivity index (χ3n) is 6.26. The first kappa shape index (κ1) is 17.6. The molecule has 26 heavy (non-hydrogen) atoms. The summed E-state index contributed by atoms with van der Waals surface area (Å²) < 4.78 is 25.1. The van der Waals surface area contributed by atoms with E-state index in [1.54, 1.807) is 12.1 Å². The quantitative estimate of drug-likeness (QED) is 0.880. The van der Waals surface area contributed by atoms with Crippen LogP contribution in [0.5, 0.6) is 5.75 Å². The van der Waals surface area contributed by atoms with Crippen LogP contribution in [0.25, 0.3) is 0 Å². The summed E-state index contributed by atoms with van der Waals surface area (Å²) >= 11 is 0. The van der Waals surface area contributed by atoms with Crippen LogP contribution in [0.2, 0.25) is 0 Å². The maximum absolute atomic E-state index is 14.3.